The van der Waals surface area contributed by atoms with Crippen LogP contribution in [-0.4, -0.2) is 28.6 Å². The second-order valence-electron chi connectivity index (χ2n) is 9.04. The highest BCUT2D eigenvalue weighted by atomic mass is 16.5. The molecule has 140 valence electrons. The minimum absolute atomic E-state index is 0.0733. The van der Waals surface area contributed by atoms with Crippen molar-refractivity contribution in [3.63, 3.8) is 0 Å². The predicted octanol–water partition coefficient (Wildman–Crippen LogP) is 3.03. The predicted molar refractivity (Wildman–Crippen MR) is 96.8 cm³/mol. The van der Waals surface area contributed by atoms with Gasteiger partial charge in [0.25, 0.3) is 0 Å². The molecule has 3 fully saturated rings. The quantitative estimate of drug-likeness (QED) is 0.579. The van der Waals surface area contributed by atoms with E-state index in [1.54, 1.807) is 6.08 Å². The molecule has 0 unspecified atom stereocenters. The fourth-order valence-corrected chi connectivity index (χ4v) is 6.81. The first-order valence-electron chi connectivity index (χ1n) is 9.90. The van der Waals surface area contributed by atoms with E-state index >= 15 is 0 Å². The van der Waals surface area contributed by atoms with E-state index in [4.69, 9.17) is 11.2 Å². The molecule has 4 aliphatic rings. The Morgan fingerprint density at radius 2 is 2.08 bits per heavy atom. The zero-order chi connectivity index (χ0) is 18.7. The lowest BCUT2D eigenvalue weighted by Gasteiger charge is -2.55. The summed E-state index contributed by atoms with van der Waals surface area (Å²) in [6.07, 6.45) is 12.9. The Hall–Kier alpha value is -1.60. The van der Waals surface area contributed by atoms with Gasteiger partial charge in [0.2, 0.25) is 0 Å². The van der Waals surface area contributed by atoms with Crippen LogP contribution >= 0.6 is 0 Å². The average Bonchev–Trinajstić information content (AvgIpc) is 2.86. The van der Waals surface area contributed by atoms with Crippen LogP contribution in [0.1, 0.15) is 58.8 Å². The summed E-state index contributed by atoms with van der Waals surface area (Å²) in [7, 11) is 0. The number of terminal acetylenes is 1. The molecule has 7 atom stereocenters. The monoisotopic (exact) mass is 356 g/mol. The fraction of sp³-hybridized carbons (Fsp3) is 0.727. The van der Waals surface area contributed by atoms with Crippen LogP contribution in [0.4, 0.5) is 0 Å². The Labute approximate surface area is 155 Å². The number of carbonyl (C=O) groups is 2. The topological polar surface area (TPSA) is 63.6 Å². The molecule has 4 rings (SSSR count). The molecule has 0 spiro atoms. The van der Waals surface area contributed by atoms with Crippen LogP contribution in [0.25, 0.3) is 0 Å². The minimum atomic E-state index is -1.00. The highest BCUT2D eigenvalue weighted by molar-refractivity contribution is 5.92. The van der Waals surface area contributed by atoms with E-state index in [0.717, 1.165) is 32.1 Å². The van der Waals surface area contributed by atoms with E-state index in [-0.39, 0.29) is 29.2 Å². The highest BCUT2D eigenvalue weighted by Crippen LogP contribution is 2.64. The summed E-state index contributed by atoms with van der Waals surface area (Å²) >= 11 is 0. The number of fused-ring (bicyclic) bond motifs is 5. The summed E-state index contributed by atoms with van der Waals surface area (Å²) in [6, 6.07) is 0. The molecule has 4 nitrogen and oxygen atoms in total. The molecule has 0 radical (unpaired) electrons. The van der Waals surface area contributed by atoms with E-state index in [1.165, 1.54) is 12.5 Å². The van der Waals surface area contributed by atoms with E-state index in [9.17, 15) is 14.7 Å². The Kier molecular flexibility index (Phi) is 4.08. The molecule has 0 bridgehead atoms. The van der Waals surface area contributed by atoms with Crippen molar-refractivity contribution < 1.29 is 19.4 Å². The summed E-state index contributed by atoms with van der Waals surface area (Å²) in [4.78, 5) is 23.7. The summed E-state index contributed by atoms with van der Waals surface area (Å²) < 4.78 is 5.60. The first-order chi connectivity index (χ1) is 12.3. The van der Waals surface area contributed by atoms with Crippen molar-refractivity contribution in [1.29, 1.82) is 0 Å². The van der Waals surface area contributed by atoms with Crippen LogP contribution in [0.3, 0.4) is 0 Å². The zero-order valence-corrected chi connectivity index (χ0v) is 15.7. The third-order valence-electron chi connectivity index (χ3n) is 8.01. The molecular formula is C22H28O4. The SMILES string of the molecule is C#C[C@]1(O)CC[C@H]2[C@@H]3CCC4=CC(=O)C[C@H](OC(C)=O)[C@@H]4[C@H]3CC[C@@]21C. The van der Waals surface area contributed by atoms with E-state index in [0.29, 0.717) is 30.6 Å². The number of hydrogen-bond acceptors (Lipinski definition) is 4. The lowest BCUT2D eigenvalue weighted by molar-refractivity contribution is -0.155. The van der Waals surface area contributed by atoms with Crippen molar-refractivity contribution in [2.75, 3.05) is 0 Å². The van der Waals surface area contributed by atoms with Gasteiger partial charge in [-0.15, -0.1) is 6.42 Å². The first kappa shape index (κ1) is 17.8. The fourth-order valence-electron chi connectivity index (χ4n) is 6.81. The van der Waals surface area contributed by atoms with Gasteiger partial charge in [0.1, 0.15) is 11.7 Å². The maximum absolute atomic E-state index is 12.1. The van der Waals surface area contributed by atoms with Crippen LogP contribution in [0.2, 0.25) is 0 Å². The van der Waals surface area contributed by atoms with Crippen LogP contribution in [0.5, 0.6) is 0 Å². The van der Waals surface area contributed by atoms with Gasteiger partial charge in [-0.2, -0.15) is 0 Å². The van der Waals surface area contributed by atoms with E-state index in [2.05, 4.69) is 12.8 Å². The number of ketones is 1. The molecule has 0 aliphatic heterocycles. The molecule has 4 heteroatoms. The number of esters is 1. The molecule has 0 saturated heterocycles. The van der Waals surface area contributed by atoms with Gasteiger partial charge in [0.15, 0.2) is 5.78 Å². The maximum atomic E-state index is 12.1. The zero-order valence-electron chi connectivity index (χ0n) is 15.7. The molecule has 0 aromatic carbocycles. The molecule has 4 aliphatic carbocycles. The van der Waals surface area contributed by atoms with Gasteiger partial charge in [0.05, 0.1) is 0 Å². The molecule has 0 heterocycles. The Morgan fingerprint density at radius 3 is 2.77 bits per heavy atom. The normalized spacial score (nSPS) is 47.1. The lowest BCUT2D eigenvalue weighted by atomic mass is 9.50. The molecule has 0 aromatic heterocycles. The summed E-state index contributed by atoms with van der Waals surface area (Å²) in [5.41, 5.74) is -0.0650. The van der Waals surface area contributed by atoms with Crippen molar-refractivity contribution in [2.45, 2.75) is 70.5 Å². The molecule has 0 aromatic rings. The molecule has 1 N–H and O–H groups in total. The highest BCUT2D eigenvalue weighted by Gasteiger charge is 2.62. The number of hydrogen-bond donors (Lipinski definition) is 1. The Balaban J connectivity index is 1.67. The first-order valence-corrected chi connectivity index (χ1v) is 9.90. The average molecular weight is 356 g/mol. The van der Waals surface area contributed by atoms with Crippen molar-refractivity contribution in [1.82, 2.24) is 0 Å². The van der Waals surface area contributed by atoms with Gasteiger partial charge in [-0.3, -0.25) is 9.59 Å². The second kappa shape index (κ2) is 5.96. The Bertz CT molecular complexity index is 716. The lowest BCUT2D eigenvalue weighted by Crippen LogP contribution is -2.54. The summed E-state index contributed by atoms with van der Waals surface area (Å²) in [6.45, 7) is 3.59. The minimum Gasteiger partial charge on any atom is -0.461 e. The summed E-state index contributed by atoms with van der Waals surface area (Å²) in [5, 5.41) is 11.0. The van der Waals surface area contributed by atoms with E-state index in [1.807, 2.05) is 0 Å². The van der Waals surface area contributed by atoms with Gasteiger partial charge in [-0.25, -0.2) is 0 Å². The molecule has 3 saturated carbocycles. The van der Waals surface area contributed by atoms with Crippen LogP contribution < -0.4 is 0 Å². The third kappa shape index (κ3) is 2.40. The Morgan fingerprint density at radius 1 is 1.31 bits per heavy atom. The van der Waals surface area contributed by atoms with Crippen LogP contribution in [-0.2, 0) is 14.3 Å². The van der Waals surface area contributed by atoms with Crippen molar-refractivity contribution in [3.05, 3.63) is 11.6 Å². The number of ether oxygens (including phenoxy) is 1. The molecule has 0 amide bonds. The van der Waals surface area contributed by atoms with Crippen molar-refractivity contribution in [3.8, 4) is 12.3 Å². The summed E-state index contributed by atoms with van der Waals surface area (Å²) in [5.74, 6) is 3.90. The van der Waals surface area contributed by atoms with Gasteiger partial charge < -0.3 is 9.84 Å². The maximum Gasteiger partial charge on any atom is 0.302 e. The largest absolute Gasteiger partial charge is 0.461 e. The third-order valence-corrected chi connectivity index (χ3v) is 8.01. The van der Waals surface area contributed by atoms with E-state index < -0.39 is 5.60 Å². The molecular weight excluding hydrogens is 328 g/mol. The van der Waals surface area contributed by atoms with Gasteiger partial charge >= 0.3 is 5.97 Å². The van der Waals surface area contributed by atoms with Gasteiger partial charge in [0, 0.05) is 24.7 Å². The number of aliphatic hydroxyl groups is 1. The van der Waals surface area contributed by atoms with Crippen LogP contribution in [0.15, 0.2) is 11.6 Å². The second-order valence-corrected chi connectivity index (χ2v) is 9.04. The van der Waals surface area contributed by atoms with Crippen LogP contribution in [0, 0.1) is 41.4 Å². The standard InChI is InChI=1S/C22H28O4/c1-4-22(25)10-8-18-16-6-5-14-11-15(24)12-19(26-13(2)23)20(14)17(16)7-9-21(18,22)3/h1,11,16-20,25H,5-10,12H2,2-3H3/t16-,17+,18+,19+,20+,21+,22+/m1/s1. The van der Waals surface area contributed by atoms with Crippen molar-refractivity contribution in [2.24, 2.45) is 29.1 Å². The smallest absolute Gasteiger partial charge is 0.302 e. The number of carbonyl (C=O) groups excluding carboxylic acids is 2. The van der Waals surface area contributed by atoms with Gasteiger partial charge in [-0.05, 0) is 62.4 Å². The number of rotatable bonds is 1. The van der Waals surface area contributed by atoms with Crippen molar-refractivity contribution >= 4 is 11.8 Å². The molecule has 26 heavy (non-hydrogen) atoms. The van der Waals surface area contributed by atoms with Gasteiger partial charge in [-0.1, -0.05) is 18.4 Å².